The molecule has 4 unspecified atom stereocenters. The molecule has 2 heterocycles. The zero-order chi connectivity index (χ0) is 13.2. The van der Waals surface area contributed by atoms with E-state index in [1.165, 1.54) is 32.1 Å². The van der Waals surface area contributed by atoms with Gasteiger partial charge in [-0.15, -0.1) is 0 Å². The molecular formula is C15H29N3O. The summed E-state index contributed by atoms with van der Waals surface area (Å²) in [7, 11) is 1.85. The van der Waals surface area contributed by atoms with E-state index in [1.54, 1.807) is 0 Å². The summed E-state index contributed by atoms with van der Waals surface area (Å²) < 4.78 is 5.48. The highest BCUT2D eigenvalue weighted by atomic mass is 16.5. The van der Waals surface area contributed by atoms with Crippen LogP contribution in [0.3, 0.4) is 0 Å². The number of nitrogens with two attached hydrogens (primary N) is 1. The summed E-state index contributed by atoms with van der Waals surface area (Å²) in [6.45, 7) is 2.24. The van der Waals surface area contributed by atoms with Crippen LogP contribution < -0.4 is 16.4 Å². The van der Waals surface area contributed by atoms with Crippen LogP contribution >= 0.6 is 0 Å². The minimum Gasteiger partial charge on any atom is -0.381 e. The standard InChI is InChI=1S/C15H29N3O/c1-19-11-4-2-10(3-5-11)15-8-13(16)12-9-17-7-6-14(12)18-15/h10-15,17-18H,2-9,16H2,1H3. The van der Waals surface area contributed by atoms with Crippen LogP contribution in [0.1, 0.15) is 38.5 Å². The van der Waals surface area contributed by atoms with Gasteiger partial charge in [0.1, 0.15) is 0 Å². The smallest absolute Gasteiger partial charge is 0.0571 e. The topological polar surface area (TPSA) is 59.3 Å². The van der Waals surface area contributed by atoms with Crippen LogP contribution in [0.5, 0.6) is 0 Å². The van der Waals surface area contributed by atoms with Crippen molar-refractivity contribution in [1.82, 2.24) is 10.6 Å². The molecular weight excluding hydrogens is 238 g/mol. The van der Waals surface area contributed by atoms with Crippen molar-refractivity contribution < 1.29 is 4.74 Å². The van der Waals surface area contributed by atoms with Gasteiger partial charge in [-0.2, -0.15) is 0 Å². The number of piperidine rings is 2. The Bertz CT molecular complexity index is 291. The van der Waals surface area contributed by atoms with Gasteiger partial charge < -0.3 is 21.1 Å². The van der Waals surface area contributed by atoms with E-state index in [4.69, 9.17) is 10.5 Å². The normalized spacial score (nSPS) is 47.7. The van der Waals surface area contributed by atoms with E-state index >= 15 is 0 Å². The van der Waals surface area contributed by atoms with E-state index in [9.17, 15) is 0 Å². The fraction of sp³-hybridized carbons (Fsp3) is 1.00. The highest BCUT2D eigenvalue weighted by Crippen LogP contribution is 2.34. The summed E-state index contributed by atoms with van der Waals surface area (Å²) in [5.74, 6) is 1.45. The van der Waals surface area contributed by atoms with Crippen molar-refractivity contribution in [2.24, 2.45) is 17.6 Å². The van der Waals surface area contributed by atoms with Crippen molar-refractivity contribution in [2.75, 3.05) is 20.2 Å². The molecule has 2 saturated heterocycles. The molecule has 0 aromatic rings. The van der Waals surface area contributed by atoms with E-state index in [-0.39, 0.29) is 0 Å². The zero-order valence-corrected chi connectivity index (χ0v) is 12.1. The first kappa shape index (κ1) is 13.8. The van der Waals surface area contributed by atoms with Crippen LogP contribution in [0.2, 0.25) is 0 Å². The minimum absolute atomic E-state index is 0.379. The zero-order valence-electron chi connectivity index (χ0n) is 12.1. The van der Waals surface area contributed by atoms with Gasteiger partial charge in [-0.1, -0.05) is 0 Å². The van der Waals surface area contributed by atoms with Crippen molar-refractivity contribution in [2.45, 2.75) is 62.8 Å². The number of hydrogen-bond donors (Lipinski definition) is 3. The number of ether oxygens (including phenoxy) is 1. The van der Waals surface area contributed by atoms with Crippen LogP contribution in [0, 0.1) is 11.8 Å². The minimum atomic E-state index is 0.379. The van der Waals surface area contributed by atoms with Gasteiger partial charge in [0.05, 0.1) is 6.10 Å². The Morgan fingerprint density at radius 1 is 1.05 bits per heavy atom. The molecule has 3 rings (SSSR count). The number of hydrogen-bond acceptors (Lipinski definition) is 4. The Balaban J connectivity index is 1.57. The van der Waals surface area contributed by atoms with Crippen LogP contribution in [-0.4, -0.2) is 44.4 Å². The predicted molar refractivity (Wildman–Crippen MR) is 77.0 cm³/mol. The Labute approximate surface area is 116 Å². The van der Waals surface area contributed by atoms with Gasteiger partial charge in [0.25, 0.3) is 0 Å². The molecule has 19 heavy (non-hydrogen) atoms. The molecule has 0 radical (unpaired) electrons. The lowest BCUT2D eigenvalue weighted by Crippen LogP contribution is -2.63. The summed E-state index contributed by atoms with van der Waals surface area (Å²) in [5, 5.41) is 7.41. The van der Waals surface area contributed by atoms with Crippen molar-refractivity contribution in [3.05, 3.63) is 0 Å². The largest absolute Gasteiger partial charge is 0.381 e. The van der Waals surface area contributed by atoms with Gasteiger partial charge in [-0.3, -0.25) is 0 Å². The molecule has 0 aromatic carbocycles. The Morgan fingerprint density at radius 3 is 2.58 bits per heavy atom. The molecule has 0 amide bonds. The second-order valence-corrected chi connectivity index (χ2v) is 6.71. The predicted octanol–water partition coefficient (Wildman–Crippen LogP) is 0.859. The van der Waals surface area contributed by atoms with Gasteiger partial charge >= 0.3 is 0 Å². The molecule has 1 saturated carbocycles. The maximum absolute atomic E-state index is 6.44. The highest BCUT2D eigenvalue weighted by molar-refractivity contribution is 4.99. The van der Waals surface area contributed by atoms with E-state index in [0.29, 0.717) is 30.1 Å². The molecule has 3 aliphatic rings. The number of fused-ring (bicyclic) bond motifs is 1. The third-order valence-electron chi connectivity index (χ3n) is 5.65. The summed E-state index contributed by atoms with van der Waals surface area (Å²) >= 11 is 0. The van der Waals surface area contributed by atoms with Crippen molar-refractivity contribution in [3.63, 3.8) is 0 Å². The molecule has 2 aliphatic heterocycles. The first-order valence-electron chi connectivity index (χ1n) is 8.03. The quantitative estimate of drug-likeness (QED) is 0.694. The summed E-state index contributed by atoms with van der Waals surface area (Å²) in [6, 6.07) is 1.67. The summed E-state index contributed by atoms with van der Waals surface area (Å²) in [4.78, 5) is 0. The molecule has 4 atom stereocenters. The first-order chi connectivity index (χ1) is 9.28. The Hall–Kier alpha value is -0.160. The number of nitrogens with one attached hydrogen (secondary N) is 2. The lowest BCUT2D eigenvalue weighted by Gasteiger charge is -2.47. The molecule has 110 valence electrons. The average molecular weight is 267 g/mol. The lowest BCUT2D eigenvalue weighted by molar-refractivity contribution is 0.0394. The average Bonchev–Trinajstić information content (AvgIpc) is 2.47. The fourth-order valence-corrected chi connectivity index (χ4v) is 4.41. The monoisotopic (exact) mass is 267 g/mol. The summed E-state index contributed by atoms with van der Waals surface area (Å²) in [6.07, 6.45) is 7.96. The second kappa shape index (κ2) is 6.08. The molecule has 3 fully saturated rings. The third-order valence-corrected chi connectivity index (χ3v) is 5.65. The van der Waals surface area contributed by atoms with Gasteiger partial charge in [0, 0.05) is 37.7 Å². The van der Waals surface area contributed by atoms with Crippen molar-refractivity contribution in [1.29, 1.82) is 0 Å². The Morgan fingerprint density at radius 2 is 1.84 bits per heavy atom. The van der Waals surface area contributed by atoms with E-state index in [1.807, 2.05) is 7.11 Å². The lowest BCUT2D eigenvalue weighted by atomic mass is 9.73. The van der Waals surface area contributed by atoms with Crippen LogP contribution in [-0.2, 0) is 4.74 Å². The van der Waals surface area contributed by atoms with Crippen molar-refractivity contribution in [3.8, 4) is 0 Å². The van der Waals surface area contributed by atoms with E-state index < -0.39 is 0 Å². The van der Waals surface area contributed by atoms with Gasteiger partial charge in [-0.05, 0) is 51.0 Å². The van der Waals surface area contributed by atoms with Crippen LogP contribution in [0.4, 0.5) is 0 Å². The Kier molecular flexibility index (Phi) is 4.42. The van der Waals surface area contributed by atoms with Crippen LogP contribution in [0.25, 0.3) is 0 Å². The highest BCUT2D eigenvalue weighted by Gasteiger charge is 2.40. The second-order valence-electron chi connectivity index (χ2n) is 6.71. The molecule has 0 aromatic heterocycles. The SMILES string of the molecule is COC1CCC(C2CC(N)C3CNCCC3N2)CC1. The third kappa shape index (κ3) is 2.97. The molecule has 4 heteroatoms. The molecule has 4 nitrogen and oxygen atoms in total. The van der Waals surface area contributed by atoms with Gasteiger partial charge in [-0.25, -0.2) is 0 Å². The van der Waals surface area contributed by atoms with Gasteiger partial charge in [0.2, 0.25) is 0 Å². The maximum Gasteiger partial charge on any atom is 0.0571 e. The molecule has 1 aliphatic carbocycles. The number of methoxy groups -OCH3 is 1. The van der Waals surface area contributed by atoms with Gasteiger partial charge in [0.15, 0.2) is 0 Å². The van der Waals surface area contributed by atoms with E-state index in [2.05, 4.69) is 10.6 Å². The number of rotatable bonds is 2. The molecule has 0 bridgehead atoms. The van der Waals surface area contributed by atoms with Crippen molar-refractivity contribution >= 4 is 0 Å². The fourth-order valence-electron chi connectivity index (χ4n) is 4.41. The molecule has 0 spiro atoms. The maximum atomic E-state index is 6.44. The van der Waals surface area contributed by atoms with E-state index in [0.717, 1.165) is 25.4 Å². The molecule has 4 N–H and O–H groups in total. The summed E-state index contributed by atoms with van der Waals surface area (Å²) in [5.41, 5.74) is 6.44. The first-order valence-corrected chi connectivity index (χ1v) is 8.03. The van der Waals surface area contributed by atoms with Crippen LogP contribution in [0.15, 0.2) is 0 Å².